The highest BCUT2D eigenvalue weighted by Gasteiger charge is 2.37. The molecule has 32 heavy (non-hydrogen) atoms. The molecule has 0 saturated carbocycles. The maximum absolute atomic E-state index is 13.2. The minimum Gasteiger partial charge on any atom is -0.358 e. The fourth-order valence-electron chi connectivity index (χ4n) is 4.93. The summed E-state index contributed by atoms with van der Waals surface area (Å²) in [5, 5.41) is 5.06. The van der Waals surface area contributed by atoms with Crippen LogP contribution in [0.2, 0.25) is 0 Å². The van der Waals surface area contributed by atoms with Crippen molar-refractivity contribution in [2.75, 3.05) is 25.5 Å². The number of likely N-dealkylation sites (N-methyl/N-ethyl adjacent to an activating group) is 1. The van der Waals surface area contributed by atoms with E-state index in [1.807, 2.05) is 29.2 Å². The summed E-state index contributed by atoms with van der Waals surface area (Å²) >= 11 is 0. The molecule has 1 unspecified atom stereocenters. The van der Waals surface area contributed by atoms with E-state index in [2.05, 4.69) is 59.3 Å². The maximum atomic E-state index is 13.2. The first kappa shape index (κ1) is 20.1. The molecule has 6 nitrogen and oxygen atoms in total. The molecular weight excluding hydrogens is 400 g/mol. The van der Waals surface area contributed by atoms with Crippen molar-refractivity contribution in [3.05, 3.63) is 77.9 Å². The van der Waals surface area contributed by atoms with E-state index < -0.39 is 0 Å². The van der Waals surface area contributed by atoms with Gasteiger partial charge in [0.2, 0.25) is 5.91 Å². The summed E-state index contributed by atoms with van der Waals surface area (Å²) in [5.41, 5.74) is 4.73. The number of aromatic nitrogens is 1. The summed E-state index contributed by atoms with van der Waals surface area (Å²) in [4.78, 5) is 29.4. The third kappa shape index (κ3) is 2.94. The third-order valence-electron chi connectivity index (χ3n) is 6.43. The van der Waals surface area contributed by atoms with Crippen molar-refractivity contribution in [3.8, 4) is 0 Å². The summed E-state index contributed by atoms with van der Waals surface area (Å²) in [7, 11) is 3.44. The van der Waals surface area contributed by atoms with Crippen LogP contribution in [0.3, 0.4) is 0 Å². The zero-order valence-electron chi connectivity index (χ0n) is 18.5. The molecule has 0 bridgehead atoms. The van der Waals surface area contributed by atoms with Crippen molar-refractivity contribution < 1.29 is 9.59 Å². The van der Waals surface area contributed by atoms with Gasteiger partial charge in [0.05, 0.1) is 17.8 Å². The van der Waals surface area contributed by atoms with Crippen molar-refractivity contribution in [3.63, 3.8) is 0 Å². The maximum Gasteiger partial charge on any atom is 0.257 e. The van der Waals surface area contributed by atoms with Crippen LogP contribution in [0.1, 0.15) is 29.0 Å². The minimum atomic E-state index is -0.386. The topological polar surface area (TPSA) is 57.6 Å². The molecule has 0 radical (unpaired) electrons. The van der Waals surface area contributed by atoms with Gasteiger partial charge in [0, 0.05) is 42.4 Å². The van der Waals surface area contributed by atoms with E-state index in [1.165, 1.54) is 16.4 Å². The van der Waals surface area contributed by atoms with E-state index in [4.69, 9.17) is 0 Å². The van der Waals surface area contributed by atoms with E-state index in [0.29, 0.717) is 5.56 Å². The van der Waals surface area contributed by atoms with Gasteiger partial charge in [0.1, 0.15) is 6.17 Å². The molecule has 0 aliphatic carbocycles. The Morgan fingerprint density at radius 3 is 2.47 bits per heavy atom. The molecule has 1 atom stereocenters. The van der Waals surface area contributed by atoms with E-state index in [9.17, 15) is 9.59 Å². The predicted molar refractivity (Wildman–Crippen MR) is 128 cm³/mol. The first-order valence-electron chi connectivity index (χ1n) is 10.9. The van der Waals surface area contributed by atoms with Gasteiger partial charge in [-0.2, -0.15) is 0 Å². The second-order valence-corrected chi connectivity index (χ2v) is 8.15. The van der Waals surface area contributed by atoms with Crippen LogP contribution in [0, 0.1) is 0 Å². The Kier molecular flexibility index (Phi) is 4.85. The first-order valence-corrected chi connectivity index (χ1v) is 10.9. The van der Waals surface area contributed by atoms with Crippen LogP contribution in [-0.4, -0.2) is 41.9 Å². The van der Waals surface area contributed by atoms with Gasteiger partial charge in [-0.15, -0.1) is 0 Å². The fourth-order valence-corrected chi connectivity index (χ4v) is 4.93. The van der Waals surface area contributed by atoms with Crippen LogP contribution in [-0.2, 0) is 11.3 Å². The van der Waals surface area contributed by atoms with Gasteiger partial charge in [-0.3, -0.25) is 9.59 Å². The number of aryl methyl sites for hydroxylation is 1. The normalized spacial score (nSPS) is 16.0. The highest BCUT2D eigenvalue weighted by Crippen LogP contribution is 2.39. The number of rotatable bonds is 4. The first-order chi connectivity index (χ1) is 15.5. The molecule has 0 spiro atoms. The third-order valence-corrected chi connectivity index (χ3v) is 6.43. The summed E-state index contributed by atoms with van der Waals surface area (Å²) in [6.07, 6.45) is -0.386. The molecular formula is C26H26N4O2. The van der Waals surface area contributed by atoms with E-state index in [0.717, 1.165) is 23.2 Å². The molecule has 6 heteroatoms. The van der Waals surface area contributed by atoms with Gasteiger partial charge >= 0.3 is 0 Å². The number of hydrogen-bond acceptors (Lipinski definition) is 3. The summed E-state index contributed by atoms with van der Waals surface area (Å²) in [6.45, 7) is 3.18. The minimum absolute atomic E-state index is 0.0464. The zero-order valence-corrected chi connectivity index (χ0v) is 18.5. The van der Waals surface area contributed by atoms with Crippen LogP contribution in [0.4, 0.5) is 5.69 Å². The van der Waals surface area contributed by atoms with Crippen molar-refractivity contribution in [2.45, 2.75) is 19.6 Å². The lowest BCUT2D eigenvalue weighted by molar-refractivity contribution is -0.119. The number of nitrogens with zero attached hydrogens (tertiary/aromatic N) is 3. The lowest BCUT2D eigenvalue weighted by Crippen LogP contribution is -2.50. The lowest BCUT2D eigenvalue weighted by Gasteiger charge is -2.44. The molecule has 0 fully saturated rings. The van der Waals surface area contributed by atoms with Crippen molar-refractivity contribution in [1.82, 2.24) is 14.8 Å². The van der Waals surface area contributed by atoms with Crippen LogP contribution in [0.15, 0.2) is 66.7 Å². The molecule has 5 rings (SSSR count). The molecule has 2 amide bonds. The van der Waals surface area contributed by atoms with Crippen LogP contribution in [0.5, 0.6) is 0 Å². The number of nitrogens with one attached hydrogen (secondary N) is 1. The number of hydrogen-bond donors (Lipinski definition) is 1. The number of amides is 2. The van der Waals surface area contributed by atoms with Gasteiger partial charge in [0.15, 0.2) is 0 Å². The molecule has 1 N–H and O–H groups in total. The van der Waals surface area contributed by atoms with Gasteiger partial charge < -0.3 is 19.7 Å². The monoisotopic (exact) mass is 426 g/mol. The molecule has 1 aliphatic rings. The van der Waals surface area contributed by atoms with Gasteiger partial charge in [-0.1, -0.05) is 36.4 Å². The average molecular weight is 427 g/mol. The SMILES string of the molecule is CCn1c2ccccc2c2cc(C3N(C)C(=O)c4ccccc4N3CC(=O)NC)ccc21. The van der Waals surface area contributed by atoms with Gasteiger partial charge in [-0.05, 0) is 42.8 Å². The number of anilines is 1. The highest BCUT2D eigenvalue weighted by atomic mass is 16.2. The fraction of sp³-hybridized carbons (Fsp3) is 0.231. The number of para-hydroxylation sites is 2. The van der Waals surface area contributed by atoms with Crippen LogP contribution < -0.4 is 10.2 Å². The molecule has 1 aliphatic heterocycles. The highest BCUT2D eigenvalue weighted by molar-refractivity contribution is 6.08. The van der Waals surface area contributed by atoms with Crippen molar-refractivity contribution in [1.29, 1.82) is 0 Å². The Labute approximate surface area is 187 Å². The van der Waals surface area contributed by atoms with E-state index >= 15 is 0 Å². The molecule has 2 heterocycles. The molecule has 162 valence electrons. The van der Waals surface area contributed by atoms with Crippen molar-refractivity contribution >= 4 is 39.3 Å². The Hall–Kier alpha value is -3.80. The molecule has 4 aromatic rings. The van der Waals surface area contributed by atoms with Gasteiger partial charge in [0.25, 0.3) is 5.91 Å². The van der Waals surface area contributed by atoms with Gasteiger partial charge in [-0.25, -0.2) is 0 Å². The molecule has 1 aromatic heterocycles. The molecule has 0 saturated heterocycles. The largest absolute Gasteiger partial charge is 0.358 e. The van der Waals surface area contributed by atoms with E-state index in [-0.39, 0.29) is 24.5 Å². The number of benzene rings is 3. The summed E-state index contributed by atoms with van der Waals surface area (Å²) < 4.78 is 2.31. The Bertz CT molecular complexity index is 1360. The van der Waals surface area contributed by atoms with Crippen LogP contribution in [0.25, 0.3) is 21.8 Å². The average Bonchev–Trinajstić information content (AvgIpc) is 3.15. The standard InChI is InChI=1S/C26H26N4O2/c1-4-29-21-11-7-5-9-18(21)20-15-17(13-14-23(20)29)25-28(3)26(32)19-10-6-8-12-22(19)30(25)16-24(31)27-2/h5-15,25H,4,16H2,1-3H3,(H,27,31). The Morgan fingerprint density at radius 2 is 1.69 bits per heavy atom. The predicted octanol–water partition coefficient (Wildman–Crippen LogP) is 4.15. The Balaban J connectivity index is 1.72. The lowest BCUT2D eigenvalue weighted by atomic mass is 10.00. The van der Waals surface area contributed by atoms with E-state index in [1.54, 1.807) is 19.0 Å². The summed E-state index contributed by atoms with van der Waals surface area (Å²) in [6, 6.07) is 22.3. The van der Waals surface area contributed by atoms with Crippen LogP contribution >= 0.6 is 0 Å². The van der Waals surface area contributed by atoms with Crippen molar-refractivity contribution in [2.24, 2.45) is 0 Å². The Morgan fingerprint density at radius 1 is 0.969 bits per heavy atom. The quantitative estimate of drug-likeness (QED) is 0.533. The smallest absolute Gasteiger partial charge is 0.257 e. The number of fused-ring (bicyclic) bond motifs is 4. The second-order valence-electron chi connectivity index (χ2n) is 8.15. The zero-order chi connectivity index (χ0) is 22.4. The number of carbonyl (C=O) groups excluding carboxylic acids is 2. The molecule has 3 aromatic carbocycles. The summed E-state index contributed by atoms with van der Waals surface area (Å²) in [5.74, 6) is -0.147. The number of carbonyl (C=O) groups is 2. The second kappa shape index (κ2) is 7.71.